The van der Waals surface area contributed by atoms with Crippen molar-refractivity contribution in [2.45, 2.75) is 32.4 Å². The van der Waals surface area contributed by atoms with Crippen LogP contribution in [0.3, 0.4) is 0 Å². The quantitative estimate of drug-likeness (QED) is 0.875. The van der Waals surface area contributed by atoms with Crippen LogP contribution in [0.1, 0.15) is 42.4 Å². The third-order valence-electron chi connectivity index (χ3n) is 2.77. The molecule has 108 valence electrons. The van der Waals surface area contributed by atoms with Gasteiger partial charge in [-0.05, 0) is 0 Å². The number of carboxylic acids is 1. The van der Waals surface area contributed by atoms with Gasteiger partial charge in [-0.2, -0.15) is 18.3 Å². The topological polar surface area (TPSA) is 67.5 Å². The van der Waals surface area contributed by atoms with Crippen LogP contribution in [-0.2, 0) is 11.6 Å². The highest BCUT2D eigenvalue weighted by Crippen LogP contribution is 2.34. The second-order valence-electron chi connectivity index (χ2n) is 5.37. The molecule has 8 heteroatoms. The van der Waals surface area contributed by atoms with Gasteiger partial charge in [0.05, 0.1) is 17.5 Å². The van der Waals surface area contributed by atoms with Gasteiger partial charge in [0.2, 0.25) is 0 Å². The number of fused-ring (bicyclic) bond motifs is 1. The number of halogens is 3. The van der Waals surface area contributed by atoms with Crippen molar-refractivity contribution in [1.29, 1.82) is 0 Å². The maximum absolute atomic E-state index is 12.8. The Labute approximate surface area is 112 Å². The minimum atomic E-state index is -4.59. The van der Waals surface area contributed by atoms with Crippen molar-refractivity contribution in [3.63, 3.8) is 0 Å². The molecule has 0 aromatic carbocycles. The zero-order valence-corrected chi connectivity index (χ0v) is 11.0. The number of hydrogen-bond acceptors (Lipinski definition) is 3. The van der Waals surface area contributed by atoms with Gasteiger partial charge in [0, 0.05) is 11.6 Å². The summed E-state index contributed by atoms with van der Waals surface area (Å²) in [6.45, 7) is 5.09. The van der Waals surface area contributed by atoms with E-state index in [1.165, 1.54) is 0 Å². The van der Waals surface area contributed by atoms with Gasteiger partial charge >= 0.3 is 12.1 Å². The van der Waals surface area contributed by atoms with Crippen molar-refractivity contribution in [2.75, 3.05) is 0 Å². The van der Waals surface area contributed by atoms with E-state index in [1.807, 2.05) is 0 Å². The van der Waals surface area contributed by atoms with Crippen molar-refractivity contribution < 1.29 is 23.1 Å². The first-order chi connectivity index (χ1) is 9.03. The predicted molar refractivity (Wildman–Crippen MR) is 63.6 cm³/mol. The van der Waals surface area contributed by atoms with E-state index in [0.29, 0.717) is 6.20 Å². The molecule has 0 fully saturated rings. The zero-order valence-electron chi connectivity index (χ0n) is 11.0. The van der Waals surface area contributed by atoms with Gasteiger partial charge < -0.3 is 5.11 Å². The van der Waals surface area contributed by atoms with E-state index in [0.717, 1.165) is 10.7 Å². The second-order valence-corrected chi connectivity index (χ2v) is 5.37. The van der Waals surface area contributed by atoms with Crippen LogP contribution in [0.2, 0.25) is 0 Å². The lowest BCUT2D eigenvalue weighted by Crippen LogP contribution is -2.23. The van der Waals surface area contributed by atoms with Crippen LogP contribution >= 0.6 is 0 Å². The molecular weight excluding hydrogens is 275 g/mol. The molecule has 1 N–H and O–H groups in total. The molecule has 0 aliphatic rings. The molecule has 0 aliphatic carbocycles. The van der Waals surface area contributed by atoms with E-state index in [4.69, 9.17) is 5.11 Å². The lowest BCUT2D eigenvalue weighted by molar-refractivity contribution is -0.136. The molecule has 0 unspecified atom stereocenters. The van der Waals surface area contributed by atoms with Gasteiger partial charge in [0.1, 0.15) is 5.56 Å². The largest absolute Gasteiger partial charge is 0.478 e. The smallest absolute Gasteiger partial charge is 0.421 e. The van der Waals surface area contributed by atoms with Gasteiger partial charge in [-0.1, -0.05) is 20.8 Å². The lowest BCUT2D eigenvalue weighted by Gasteiger charge is -2.22. The molecule has 0 atom stereocenters. The predicted octanol–water partition coefficient (Wildman–Crippen LogP) is 2.74. The minimum absolute atomic E-state index is 0.165. The van der Waals surface area contributed by atoms with Gasteiger partial charge in [-0.25, -0.2) is 14.3 Å². The summed E-state index contributed by atoms with van der Waals surface area (Å²) in [6.07, 6.45) is -2.99. The fourth-order valence-electron chi connectivity index (χ4n) is 2.01. The molecule has 20 heavy (non-hydrogen) atoms. The van der Waals surface area contributed by atoms with Gasteiger partial charge in [0.15, 0.2) is 5.65 Å². The van der Waals surface area contributed by atoms with Crippen LogP contribution in [0.25, 0.3) is 5.65 Å². The first-order valence-corrected chi connectivity index (χ1v) is 5.71. The number of aromatic nitrogens is 3. The number of aromatic carboxylic acids is 1. The van der Waals surface area contributed by atoms with Crippen LogP contribution < -0.4 is 0 Å². The summed E-state index contributed by atoms with van der Waals surface area (Å²) in [5, 5.41) is 12.8. The lowest BCUT2D eigenvalue weighted by atomic mass is 9.89. The van der Waals surface area contributed by atoms with Crippen molar-refractivity contribution in [2.24, 2.45) is 0 Å². The Kier molecular flexibility index (Phi) is 2.99. The molecule has 2 aromatic heterocycles. The summed E-state index contributed by atoms with van der Waals surface area (Å²) in [5.41, 5.74) is -2.08. The first-order valence-electron chi connectivity index (χ1n) is 5.71. The Bertz CT molecular complexity index is 684. The monoisotopic (exact) mass is 287 g/mol. The number of rotatable bonds is 1. The maximum atomic E-state index is 12.8. The Morgan fingerprint density at radius 2 is 1.85 bits per heavy atom. The third kappa shape index (κ3) is 2.21. The normalized spacial score (nSPS) is 12.9. The van der Waals surface area contributed by atoms with Gasteiger partial charge in [-0.15, -0.1) is 0 Å². The summed E-state index contributed by atoms with van der Waals surface area (Å²) in [7, 11) is 0. The molecule has 0 aliphatic heterocycles. The molecule has 0 bridgehead atoms. The van der Waals surface area contributed by atoms with Crippen LogP contribution in [0.5, 0.6) is 0 Å². The van der Waals surface area contributed by atoms with Crippen molar-refractivity contribution >= 4 is 11.6 Å². The summed E-state index contributed by atoms with van der Waals surface area (Å²) < 4.78 is 39.4. The van der Waals surface area contributed by atoms with Gasteiger partial charge in [-0.3, -0.25) is 0 Å². The van der Waals surface area contributed by atoms with Crippen LogP contribution in [-0.4, -0.2) is 25.7 Å². The molecular formula is C12H12F3N3O2. The molecule has 2 aromatic rings. The van der Waals surface area contributed by atoms with Gasteiger partial charge in [0.25, 0.3) is 0 Å². The molecule has 0 saturated carbocycles. The highest BCUT2D eigenvalue weighted by atomic mass is 19.4. The Balaban J connectivity index is 2.88. The third-order valence-corrected chi connectivity index (χ3v) is 2.77. The van der Waals surface area contributed by atoms with Crippen LogP contribution in [0, 0.1) is 0 Å². The number of hydrogen-bond donors (Lipinski definition) is 1. The average Bonchev–Trinajstić information content (AvgIpc) is 2.68. The number of nitrogens with zero attached hydrogens (tertiary/aromatic N) is 3. The molecule has 5 nitrogen and oxygen atoms in total. The Morgan fingerprint density at radius 3 is 2.30 bits per heavy atom. The number of alkyl halides is 3. The summed E-state index contributed by atoms with van der Waals surface area (Å²) in [5.74, 6) is -1.26. The van der Waals surface area contributed by atoms with Crippen LogP contribution in [0.4, 0.5) is 13.2 Å². The molecule has 2 rings (SSSR count). The summed E-state index contributed by atoms with van der Waals surface area (Å²) in [6, 6.07) is 0. The summed E-state index contributed by atoms with van der Waals surface area (Å²) in [4.78, 5) is 14.8. The van der Waals surface area contributed by atoms with E-state index in [2.05, 4.69) is 10.1 Å². The molecule has 2 heterocycles. The van der Waals surface area contributed by atoms with E-state index >= 15 is 0 Å². The Morgan fingerprint density at radius 1 is 1.25 bits per heavy atom. The SMILES string of the molecule is CC(C)(C)c1c(C(=O)O)cnc2c(C(F)(F)F)cnn12. The minimum Gasteiger partial charge on any atom is -0.478 e. The van der Waals surface area contributed by atoms with E-state index in [9.17, 15) is 18.0 Å². The molecule has 0 radical (unpaired) electrons. The van der Waals surface area contributed by atoms with Crippen molar-refractivity contribution in [3.05, 3.63) is 29.2 Å². The van der Waals surface area contributed by atoms with Crippen molar-refractivity contribution in [1.82, 2.24) is 14.6 Å². The standard InChI is InChI=1S/C12H12F3N3O2/c1-11(2,3)8-6(10(19)20)4-16-9-7(12(13,14)15)5-17-18(8)9/h4-5H,1-3H3,(H,19,20). The fraction of sp³-hybridized carbons (Fsp3) is 0.417. The van der Waals surface area contributed by atoms with E-state index in [-0.39, 0.29) is 11.3 Å². The average molecular weight is 287 g/mol. The van der Waals surface area contributed by atoms with Crippen molar-refractivity contribution in [3.8, 4) is 0 Å². The highest BCUT2D eigenvalue weighted by molar-refractivity contribution is 5.89. The van der Waals surface area contributed by atoms with Crippen LogP contribution in [0.15, 0.2) is 12.4 Å². The molecule has 0 spiro atoms. The number of carboxylic acid groups (broad SMARTS) is 1. The maximum Gasteiger partial charge on any atom is 0.421 e. The Hall–Kier alpha value is -2.12. The molecule has 0 amide bonds. The zero-order chi connectivity index (χ0) is 15.3. The second kappa shape index (κ2) is 4.19. The first kappa shape index (κ1) is 14.3. The van der Waals surface area contributed by atoms with E-state index in [1.54, 1.807) is 20.8 Å². The number of carbonyl (C=O) groups is 1. The highest BCUT2D eigenvalue weighted by Gasteiger charge is 2.37. The summed E-state index contributed by atoms with van der Waals surface area (Å²) >= 11 is 0. The fourth-order valence-corrected chi connectivity index (χ4v) is 2.01. The van der Waals surface area contributed by atoms with E-state index < -0.39 is 28.8 Å². The molecule has 0 saturated heterocycles.